The zero-order valence-electron chi connectivity index (χ0n) is 10.0. The number of ether oxygens (including phenoxy) is 1. The number of hydrogen-bond donors (Lipinski definition) is 2. The maximum atomic E-state index is 11.9. The van der Waals surface area contributed by atoms with Gasteiger partial charge in [0, 0.05) is 25.2 Å². The van der Waals surface area contributed by atoms with Gasteiger partial charge in [0.1, 0.15) is 5.75 Å². The highest BCUT2D eigenvalue weighted by molar-refractivity contribution is 5.91. The van der Waals surface area contributed by atoms with Gasteiger partial charge >= 0.3 is 6.03 Å². The molecule has 1 aliphatic rings. The summed E-state index contributed by atoms with van der Waals surface area (Å²) in [6, 6.07) is 3.04. The number of nitrogens with one attached hydrogen (secondary N) is 1. The second-order valence-corrected chi connectivity index (χ2v) is 3.99. The van der Waals surface area contributed by atoms with E-state index in [2.05, 4.69) is 5.32 Å². The maximum Gasteiger partial charge on any atom is 0.322 e. The van der Waals surface area contributed by atoms with Crippen LogP contribution in [0.15, 0.2) is 18.2 Å². The first kappa shape index (κ1) is 13.1. The summed E-state index contributed by atoms with van der Waals surface area (Å²) in [5.74, 6) is -0.216. The Bertz CT molecular complexity index is 499. The molecule has 19 heavy (non-hydrogen) atoms. The molecule has 1 saturated heterocycles. The lowest BCUT2D eigenvalue weighted by Gasteiger charge is -2.26. The first-order valence-corrected chi connectivity index (χ1v) is 5.69. The number of phenolic OH excluding ortho intramolecular Hbond substituents is 1. The SMILES string of the molecule is O=C(Nc1cc([N+](=O)[O-])ccc1O)N1CCOCC1. The third-order valence-corrected chi connectivity index (χ3v) is 2.73. The molecule has 1 fully saturated rings. The maximum absolute atomic E-state index is 11.9. The predicted molar refractivity (Wildman–Crippen MR) is 66.2 cm³/mol. The summed E-state index contributed by atoms with van der Waals surface area (Å²) in [5, 5.41) is 22.7. The number of nitrogens with zero attached hydrogens (tertiary/aromatic N) is 2. The number of nitro benzene ring substituents is 1. The smallest absolute Gasteiger partial charge is 0.322 e. The average molecular weight is 267 g/mol. The molecule has 1 aromatic carbocycles. The van der Waals surface area contributed by atoms with Gasteiger partial charge in [-0.1, -0.05) is 0 Å². The van der Waals surface area contributed by atoms with Crippen LogP contribution in [0.1, 0.15) is 0 Å². The molecule has 8 nitrogen and oxygen atoms in total. The van der Waals surface area contributed by atoms with Crippen molar-refractivity contribution in [1.82, 2.24) is 4.90 Å². The number of rotatable bonds is 2. The van der Waals surface area contributed by atoms with Crippen LogP contribution < -0.4 is 5.32 Å². The van der Waals surface area contributed by atoms with Crippen LogP contribution in [0.5, 0.6) is 5.75 Å². The fourth-order valence-corrected chi connectivity index (χ4v) is 1.70. The van der Waals surface area contributed by atoms with Crippen LogP contribution in [-0.2, 0) is 4.74 Å². The third kappa shape index (κ3) is 3.10. The highest BCUT2D eigenvalue weighted by Gasteiger charge is 2.19. The summed E-state index contributed by atoms with van der Waals surface area (Å²) >= 11 is 0. The van der Waals surface area contributed by atoms with Gasteiger partial charge in [-0.25, -0.2) is 4.79 Å². The molecule has 1 aromatic rings. The second-order valence-electron chi connectivity index (χ2n) is 3.99. The second kappa shape index (κ2) is 5.53. The standard InChI is InChI=1S/C11H13N3O5/c15-10-2-1-8(14(17)18)7-9(10)12-11(16)13-3-5-19-6-4-13/h1-2,7,15H,3-6H2,(H,12,16). The molecule has 0 aromatic heterocycles. The van der Waals surface area contributed by atoms with Gasteiger partial charge in [-0.15, -0.1) is 0 Å². The lowest BCUT2D eigenvalue weighted by molar-refractivity contribution is -0.384. The van der Waals surface area contributed by atoms with Crippen LogP contribution in [0.4, 0.5) is 16.2 Å². The van der Waals surface area contributed by atoms with Gasteiger partial charge in [-0.05, 0) is 6.07 Å². The third-order valence-electron chi connectivity index (χ3n) is 2.73. The van der Waals surface area contributed by atoms with E-state index in [0.717, 1.165) is 6.07 Å². The predicted octanol–water partition coefficient (Wildman–Crippen LogP) is 1.16. The van der Waals surface area contributed by atoms with Crippen molar-refractivity contribution in [2.24, 2.45) is 0 Å². The van der Waals surface area contributed by atoms with Gasteiger partial charge < -0.3 is 20.1 Å². The monoisotopic (exact) mass is 267 g/mol. The number of benzene rings is 1. The molecule has 0 saturated carbocycles. The Labute approximate surface area is 108 Å². The summed E-state index contributed by atoms with van der Waals surface area (Å²) in [6.07, 6.45) is 0. The summed E-state index contributed by atoms with van der Waals surface area (Å²) in [7, 11) is 0. The summed E-state index contributed by atoms with van der Waals surface area (Å²) in [4.78, 5) is 23.4. The van der Waals surface area contributed by atoms with Crippen molar-refractivity contribution in [2.45, 2.75) is 0 Å². The Hall–Kier alpha value is -2.35. The van der Waals surface area contributed by atoms with Crippen LogP contribution in [0.25, 0.3) is 0 Å². The molecule has 0 unspecified atom stereocenters. The van der Waals surface area contributed by atoms with Gasteiger partial charge in [-0.2, -0.15) is 0 Å². The van der Waals surface area contributed by atoms with Crippen molar-refractivity contribution < 1.29 is 19.6 Å². The lowest BCUT2D eigenvalue weighted by Crippen LogP contribution is -2.43. The van der Waals surface area contributed by atoms with E-state index in [1.165, 1.54) is 17.0 Å². The number of hydrogen-bond acceptors (Lipinski definition) is 5. The van der Waals surface area contributed by atoms with Gasteiger partial charge in [0.2, 0.25) is 0 Å². The van der Waals surface area contributed by atoms with Crippen LogP contribution in [0.3, 0.4) is 0 Å². The lowest BCUT2D eigenvalue weighted by atomic mass is 10.2. The number of carbonyl (C=O) groups is 1. The zero-order valence-corrected chi connectivity index (χ0v) is 10.0. The Balaban J connectivity index is 2.11. The number of non-ortho nitro benzene ring substituents is 1. The molecule has 2 amide bonds. The van der Waals surface area contributed by atoms with E-state index in [1.807, 2.05) is 0 Å². The van der Waals surface area contributed by atoms with E-state index < -0.39 is 11.0 Å². The van der Waals surface area contributed by atoms with E-state index in [4.69, 9.17) is 4.74 Å². The summed E-state index contributed by atoms with van der Waals surface area (Å²) in [5.41, 5.74) is -0.180. The molecule has 102 valence electrons. The van der Waals surface area contributed by atoms with Crippen LogP contribution in [0, 0.1) is 10.1 Å². The van der Waals surface area contributed by atoms with Crippen molar-refractivity contribution in [3.63, 3.8) is 0 Å². The molecule has 1 aliphatic heterocycles. The molecule has 2 rings (SSSR count). The fourth-order valence-electron chi connectivity index (χ4n) is 1.70. The number of carbonyl (C=O) groups excluding carboxylic acids is 1. The van der Waals surface area contributed by atoms with E-state index in [1.54, 1.807) is 0 Å². The molecular weight excluding hydrogens is 254 g/mol. The summed E-state index contributed by atoms with van der Waals surface area (Å²) in [6.45, 7) is 1.80. The van der Waals surface area contributed by atoms with Crippen molar-refractivity contribution in [1.29, 1.82) is 0 Å². The number of anilines is 1. The van der Waals surface area contributed by atoms with Crippen molar-refractivity contribution in [3.05, 3.63) is 28.3 Å². The van der Waals surface area contributed by atoms with Gasteiger partial charge in [0.25, 0.3) is 5.69 Å². The molecular formula is C11H13N3O5. The van der Waals surface area contributed by atoms with Crippen LogP contribution in [0.2, 0.25) is 0 Å². The first-order chi connectivity index (χ1) is 9.08. The van der Waals surface area contributed by atoms with Crippen LogP contribution >= 0.6 is 0 Å². The summed E-state index contributed by atoms with van der Waals surface area (Å²) < 4.78 is 5.11. The number of phenols is 1. The van der Waals surface area contributed by atoms with E-state index in [9.17, 15) is 20.0 Å². The zero-order chi connectivity index (χ0) is 13.8. The minimum atomic E-state index is -0.593. The number of amides is 2. The molecule has 0 radical (unpaired) electrons. The molecule has 0 aliphatic carbocycles. The van der Waals surface area contributed by atoms with Gasteiger partial charge in [0.15, 0.2) is 0 Å². The topological polar surface area (TPSA) is 105 Å². The number of urea groups is 1. The molecule has 1 heterocycles. The van der Waals surface area contributed by atoms with E-state index >= 15 is 0 Å². The highest BCUT2D eigenvalue weighted by atomic mass is 16.6. The Morgan fingerprint density at radius 3 is 2.74 bits per heavy atom. The van der Waals surface area contributed by atoms with Crippen LogP contribution in [-0.4, -0.2) is 47.3 Å². The normalized spacial score (nSPS) is 15.1. The Kier molecular flexibility index (Phi) is 3.81. The van der Waals surface area contributed by atoms with Crippen molar-refractivity contribution in [2.75, 3.05) is 31.6 Å². The molecule has 0 atom stereocenters. The first-order valence-electron chi connectivity index (χ1n) is 5.69. The number of aromatic hydroxyl groups is 1. The average Bonchev–Trinajstić information content (AvgIpc) is 2.42. The fraction of sp³-hybridized carbons (Fsp3) is 0.364. The largest absolute Gasteiger partial charge is 0.506 e. The quantitative estimate of drug-likeness (QED) is 0.475. The van der Waals surface area contributed by atoms with Gasteiger partial charge in [-0.3, -0.25) is 10.1 Å². The minimum Gasteiger partial charge on any atom is -0.506 e. The minimum absolute atomic E-state index is 0.0192. The van der Waals surface area contributed by atoms with E-state index in [0.29, 0.717) is 26.3 Å². The van der Waals surface area contributed by atoms with Gasteiger partial charge in [0.05, 0.1) is 23.8 Å². The molecule has 0 bridgehead atoms. The Morgan fingerprint density at radius 2 is 2.11 bits per heavy atom. The van der Waals surface area contributed by atoms with Crippen molar-refractivity contribution in [3.8, 4) is 5.75 Å². The number of morpholine rings is 1. The van der Waals surface area contributed by atoms with E-state index in [-0.39, 0.29) is 17.1 Å². The van der Waals surface area contributed by atoms with Crippen molar-refractivity contribution >= 4 is 17.4 Å². The molecule has 2 N–H and O–H groups in total. The number of nitro groups is 1. The highest BCUT2D eigenvalue weighted by Crippen LogP contribution is 2.28. The molecule has 8 heteroatoms. The molecule has 0 spiro atoms. The Morgan fingerprint density at radius 1 is 1.42 bits per heavy atom.